The first-order chi connectivity index (χ1) is 15.6. The number of thiazole rings is 1. The van der Waals surface area contributed by atoms with E-state index >= 15 is 0 Å². The second-order valence-electron chi connectivity index (χ2n) is 6.80. The van der Waals surface area contributed by atoms with Crippen LogP contribution in [0.5, 0.6) is 11.5 Å². The normalized spacial score (nSPS) is 11.1. The molecule has 0 aliphatic rings. The van der Waals surface area contributed by atoms with Gasteiger partial charge in [-0.05, 0) is 54.1 Å². The molecule has 8 heteroatoms. The molecule has 2 aromatic heterocycles. The summed E-state index contributed by atoms with van der Waals surface area (Å²) in [7, 11) is 3.15. The smallest absolute Gasteiger partial charge is 0.253 e. The highest BCUT2D eigenvalue weighted by molar-refractivity contribution is 7.22. The molecule has 6 nitrogen and oxygen atoms in total. The average molecular weight is 466 g/mol. The number of halogens is 1. The van der Waals surface area contributed by atoms with Crippen LogP contribution in [0.2, 0.25) is 5.02 Å². The van der Waals surface area contributed by atoms with Crippen molar-refractivity contribution >= 4 is 50.3 Å². The van der Waals surface area contributed by atoms with E-state index in [0.29, 0.717) is 28.2 Å². The number of hydrogen-bond donors (Lipinski definition) is 0. The van der Waals surface area contributed by atoms with Crippen LogP contribution in [0.25, 0.3) is 16.3 Å². The van der Waals surface area contributed by atoms with Crippen LogP contribution >= 0.6 is 22.9 Å². The number of methoxy groups -OCH3 is 2. The van der Waals surface area contributed by atoms with Crippen LogP contribution in [0.3, 0.4) is 0 Å². The molecule has 4 aromatic rings. The predicted octanol–water partition coefficient (Wildman–Crippen LogP) is 5.61. The summed E-state index contributed by atoms with van der Waals surface area (Å²) < 4.78 is 11.5. The van der Waals surface area contributed by atoms with Crippen molar-refractivity contribution in [3.05, 3.63) is 83.2 Å². The first-order valence-corrected chi connectivity index (χ1v) is 10.9. The lowest BCUT2D eigenvalue weighted by molar-refractivity contribution is -0.114. The minimum atomic E-state index is -0.212. The van der Waals surface area contributed by atoms with E-state index in [1.165, 1.54) is 17.4 Å². The second kappa shape index (κ2) is 9.80. The predicted molar refractivity (Wildman–Crippen MR) is 129 cm³/mol. The van der Waals surface area contributed by atoms with Crippen molar-refractivity contribution in [2.24, 2.45) is 0 Å². The van der Waals surface area contributed by atoms with E-state index in [1.54, 1.807) is 43.5 Å². The van der Waals surface area contributed by atoms with Gasteiger partial charge in [0.05, 0.1) is 36.7 Å². The number of fused-ring (bicyclic) bond motifs is 1. The highest BCUT2D eigenvalue weighted by Gasteiger charge is 2.19. The van der Waals surface area contributed by atoms with Crippen molar-refractivity contribution in [1.29, 1.82) is 0 Å². The van der Waals surface area contributed by atoms with Crippen molar-refractivity contribution in [3.63, 3.8) is 0 Å². The minimum Gasteiger partial charge on any atom is -0.493 e. The van der Waals surface area contributed by atoms with Crippen molar-refractivity contribution < 1.29 is 14.3 Å². The molecule has 0 aliphatic carbocycles. The standard InChI is InChI=1S/C24H20ClN3O3S/c1-30-20-10-6-16(13-21(20)31-2)7-11-23(29)28(15-18-5-3-4-12-26-18)24-27-19-9-8-17(25)14-22(19)32-24/h3-14H,15H2,1-2H3/b11-7+. The molecule has 4 rings (SSSR count). The van der Waals surface area contributed by atoms with Crippen LogP contribution in [0.1, 0.15) is 11.3 Å². The van der Waals surface area contributed by atoms with Crippen LogP contribution in [0, 0.1) is 0 Å². The molecule has 0 bridgehead atoms. The van der Waals surface area contributed by atoms with E-state index in [9.17, 15) is 4.79 Å². The van der Waals surface area contributed by atoms with E-state index in [2.05, 4.69) is 9.97 Å². The van der Waals surface area contributed by atoms with Gasteiger partial charge in [-0.3, -0.25) is 14.7 Å². The zero-order valence-corrected chi connectivity index (χ0v) is 19.1. The van der Waals surface area contributed by atoms with Gasteiger partial charge in [-0.25, -0.2) is 4.98 Å². The van der Waals surface area contributed by atoms with Gasteiger partial charge in [0.25, 0.3) is 5.91 Å². The summed E-state index contributed by atoms with van der Waals surface area (Å²) >= 11 is 7.53. The Morgan fingerprint density at radius 2 is 1.94 bits per heavy atom. The first kappa shape index (κ1) is 21.8. The number of benzene rings is 2. The molecule has 2 heterocycles. The summed E-state index contributed by atoms with van der Waals surface area (Å²) in [5.41, 5.74) is 2.36. The van der Waals surface area contributed by atoms with E-state index in [0.717, 1.165) is 21.5 Å². The fourth-order valence-electron chi connectivity index (χ4n) is 3.11. The highest BCUT2D eigenvalue weighted by Crippen LogP contribution is 2.32. The molecule has 162 valence electrons. The molecular weight excluding hydrogens is 446 g/mol. The number of hydrogen-bond acceptors (Lipinski definition) is 6. The van der Waals surface area contributed by atoms with Crippen molar-refractivity contribution in [3.8, 4) is 11.5 Å². The third-order valence-electron chi connectivity index (χ3n) is 4.71. The van der Waals surface area contributed by atoms with Gasteiger partial charge in [-0.1, -0.05) is 35.1 Å². The lowest BCUT2D eigenvalue weighted by Gasteiger charge is -2.17. The Balaban J connectivity index is 1.65. The fraction of sp³-hybridized carbons (Fsp3) is 0.125. The number of pyridine rings is 1. The Kier molecular flexibility index (Phi) is 6.68. The number of amides is 1. The topological polar surface area (TPSA) is 64.5 Å². The number of carbonyl (C=O) groups excluding carboxylic acids is 1. The molecule has 0 saturated heterocycles. The molecule has 0 unspecified atom stereocenters. The molecule has 32 heavy (non-hydrogen) atoms. The maximum atomic E-state index is 13.2. The van der Waals surface area contributed by atoms with Gasteiger partial charge in [0.15, 0.2) is 16.6 Å². The molecule has 0 spiro atoms. The molecule has 1 amide bonds. The van der Waals surface area contributed by atoms with E-state index in [4.69, 9.17) is 21.1 Å². The zero-order chi connectivity index (χ0) is 22.5. The summed E-state index contributed by atoms with van der Waals surface area (Å²) in [5.74, 6) is 1.01. The Labute approximate surface area is 194 Å². The van der Waals surface area contributed by atoms with Crippen molar-refractivity contribution in [2.75, 3.05) is 19.1 Å². The SMILES string of the molecule is COc1ccc(/C=C/C(=O)N(Cc2ccccn2)c2nc3ccc(Cl)cc3s2)cc1OC. The Hall–Kier alpha value is -3.42. The molecule has 0 atom stereocenters. The molecule has 0 radical (unpaired) electrons. The molecular formula is C24H20ClN3O3S. The third kappa shape index (κ3) is 4.90. The first-order valence-electron chi connectivity index (χ1n) is 9.75. The number of ether oxygens (including phenoxy) is 2. The van der Waals surface area contributed by atoms with Gasteiger partial charge in [0.2, 0.25) is 0 Å². The molecule has 0 N–H and O–H groups in total. The average Bonchev–Trinajstić information content (AvgIpc) is 3.24. The number of carbonyl (C=O) groups is 1. The Morgan fingerprint density at radius 1 is 1.09 bits per heavy atom. The minimum absolute atomic E-state index is 0.212. The van der Waals surface area contributed by atoms with Gasteiger partial charge in [-0.2, -0.15) is 0 Å². The summed E-state index contributed by atoms with van der Waals surface area (Å²) in [4.78, 5) is 23.9. The third-order valence-corrected chi connectivity index (χ3v) is 5.98. The van der Waals surface area contributed by atoms with E-state index in [-0.39, 0.29) is 5.91 Å². The number of aromatic nitrogens is 2. The molecule has 0 saturated carbocycles. The maximum absolute atomic E-state index is 13.2. The Morgan fingerprint density at radius 3 is 2.69 bits per heavy atom. The zero-order valence-electron chi connectivity index (χ0n) is 17.5. The number of rotatable bonds is 7. The van der Waals surface area contributed by atoms with Gasteiger partial charge in [-0.15, -0.1) is 0 Å². The van der Waals surface area contributed by atoms with E-state index in [1.807, 2.05) is 42.5 Å². The fourth-order valence-corrected chi connectivity index (χ4v) is 4.36. The largest absolute Gasteiger partial charge is 0.493 e. The van der Waals surface area contributed by atoms with Crippen LogP contribution in [0.4, 0.5) is 5.13 Å². The van der Waals surface area contributed by atoms with Crippen LogP contribution in [-0.4, -0.2) is 30.1 Å². The van der Waals surface area contributed by atoms with Crippen LogP contribution in [-0.2, 0) is 11.3 Å². The number of nitrogens with zero attached hydrogens (tertiary/aromatic N) is 3. The quantitative estimate of drug-likeness (QED) is 0.332. The Bertz CT molecular complexity index is 1270. The van der Waals surface area contributed by atoms with Crippen LogP contribution in [0.15, 0.2) is 66.9 Å². The van der Waals surface area contributed by atoms with Crippen molar-refractivity contribution in [2.45, 2.75) is 6.54 Å². The van der Waals surface area contributed by atoms with Gasteiger partial charge in [0.1, 0.15) is 0 Å². The molecule has 0 fully saturated rings. The number of anilines is 1. The van der Waals surface area contributed by atoms with Crippen molar-refractivity contribution in [1.82, 2.24) is 9.97 Å². The summed E-state index contributed by atoms with van der Waals surface area (Å²) in [6.45, 7) is 0.295. The monoisotopic (exact) mass is 465 g/mol. The summed E-state index contributed by atoms with van der Waals surface area (Å²) in [6, 6.07) is 16.6. The van der Waals surface area contributed by atoms with E-state index < -0.39 is 0 Å². The molecule has 2 aromatic carbocycles. The van der Waals surface area contributed by atoms with Crippen LogP contribution < -0.4 is 14.4 Å². The van der Waals surface area contributed by atoms with Gasteiger partial charge >= 0.3 is 0 Å². The summed E-state index contributed by atoms with van der Waals surface area (Å²) in [6.07, 6.45) is 4.96. The van der Waals surface area contributed by atoms with Gasteiger partial charge < -0.3 is 9.47 Å². The maximum Gasteiger partial charge on any atom is 0.253 e. The lowest BCUT2D eigenvalue weighted by Crippen LogP contribution is -2.29. The molecule has 0 aliphatic heterocycles. The second-order valence-corrected chi connectivity index (χ2v) is 8.25. The van der Waals surface area contributed by atoms with Gasteiger partial charge in [0, 0.05) is 17.3 Å². The lowest BCUT2D eigenvalue weighted by atomic mass is 10.2. The highest BCUT2D eigenvalue weighted by atomic mass is 35.5. The summed E-state index contributed by atoms with van der Waals surface area (Å²) in [5, 5.41) is 1.21.